The van der Waals surface area contributed by atoms with Crippen molar-refractivity contribution in [2.45, 2.75) is 13.3 Å². The Bertz CT molecular complexity index is 338. The van der Waals surface area contributed by atoms with Crippen molar-refractivity contribution in [3.8, 4) is 0 Å². The molecule has 1 amide bonds. The summed E-state index contributed by atoms with van der Waals surface area (Å²) in [4.78, 5) is 12.5. The van der Waals surface area contributed by atoms with Gasteiger partial charge in [0.1, 0.15) is 0 Å². The summed E-state index contributed by atoms with van der Waals surface area (Å²) in [6.45, 7) is 4.45. The van der Waals surface area contributed by atoms with Crippen LogP contribution < -0.4 is 5.32 Å². The first-order valence-corrected chi connectivity index (χ1v) is 6.52. The van der Waals surface area contributed by atoms with Crippen LogP contribution in [0.15, 0.2) is 11.4 Å². The van der Waals surface area contributed by atoms with Crippen molar-refractivity contribution >= 4 is 17.2 Å². The number of carbonyl (C=O) groups is 1. The first kappa shape index (κ1) is 14.2. The van der Waals surface area contributed by atoms with Crippen LogP contribution in [-0.2, 0) is 9.47 Å². The Hall–Kier alpha value is -0.910. The van der Waals surface area contributed by atoms with Crippen molar-refractivity contribution in [2.24, 2.45) is 0 Å². The molecule has 0 saturated carbocycles. The van der Waals surface area contributed by atoms with Crippen molar-refractivity contribution in [1.29, 1.82) is 0 Å². The normalized spacial score (nSPS) is 10.5. The van der Waals surface area contributed by atoms with E-state index in [2.05, 4.69) is 5.32 Å². The summed E-state index contributed by atoms with van der Waals surface area (Å²) < 4.78 is 10.2. The highest BCUT2D eigenvalue weighted by atomic mass is 32.1. The number of hydrogen-bond acceptors (Lipinski definition) is 4. The Balaban J connectivity index is 2.07. The summed E-state index contributed by atoms with van der Waals surface area (Å²) in [5, 5.41) is 4.81. The molecular weight excluding hydrogens is 238 g/mol. The second kappa shape index (κ2) is 8.22. The third-order valence-electron chi connectivity index (χ3n) is 2.25. The number of hydrogen-bond donors (Lipinski definition) is 1. The van der Waals surface area contributed by atoms with E-state index in [1.807, 2.05) is 18.4 Å². The average molecular weight is 257 g/mol. The number of nitrogens with one attached hydrogen (secondary N) is 1. The van der Waals surface area contributed by atoms with Gasteiger partial charge in [0.05, 0.1) is 18.1 Å². The number of methoxy groups -OCH3 is 1. The molecule has 1 N–H and O–H groups in total. The average Bonchev–Trinajstić information content (AvgIpc) is 2.74. The van der Waals surface area contributed by atoms with E-state index in [-0.39, 0.29) is 5.91 Å². The molecule has 5 heteroatoms. The van der Waals surface area contributed by atoms with Crippen molar-refractivity contribution < 1.29 is 14.3 Å². The zero-order valence-electron chi connectivity index (χ0n) is 10.3. The standard InChI is InChI=1S/C12H19NO3S/c1-10-4-9-17-11(10)12(14)13-5-3-6-16-8-7-15-2/h4,9H,3,5-8H2,1-2H3,(H,13,14). The van der Waals surface area contributed by atoms with Gasteiger partial charge in [-0.3, -0.25) is 4.79 Å². The Morgan fingerprint density at radius 3 is 2.88 bits per heavy atom. The Kier molecular flexibility index (Phi) is 6.84. The number of carbonyl (C=O) groups excluding carboxylic acids is 1. The lowest BCUT2D eigenvalue weighted by atomic mass is 10.3. The molecule has 96 valence electrons. The maximum atomic E-state index is 11.7. The Morgan fingerprint density at radius 1 is 1.41 bits per heavy atom. The van der Waals surface area contributed by atoms with Crippen LogP contribution in [0.2, 0.25) is 0 Å². The molecule has 1 heterocycles. The molecule has 0 saturated heterocycles. The predicted octanol–water partition coefficient (Wildman–Crippen LogP) is 1.84. The minimum absolute atomic E-state index is 0.00870. The number of rotatable bonds is 8. The van der Waals surface area contributed by atoms with Crippen LogP contribution in [-0.4, -0.2) is 39.4 Å². The van der Waals surface area contributed by atoms with E-state index in [0.717, 1.165) is 16.9 Å². The Labute approximate surface area is 106 Å². The summed E-state index contributed by atoms with van der Waals surface area (Å²) in [6.07, 6.45) is 0.819. The summed E-state index contributed by atoms with van der Waals surface area (Å²) in [7, 11) is 1.65. The highest BCUT2D eigenvalue weighted by Crippen LogP contribution is 2.14. The lowest BCUT2D eigenvalue weighted by Gasteiger charge is -2.05. The Morgan fingerprint density at radius 2 is 2.24 bits per heavy atom. The van der Waals surface area contributed by atoms with E-state index in [1.165, 1.54) is 11.3 Å². The van der Waals surface area contributed by atoms with Gasteiger partial charge in [-0.1, -0.05) is 0 Å². The summed E-state index contributed by atoms with van der Waals surface area (Å²) >= 11 is 1.47. The molecule has 0 aromatic carbocycles. The topological polar surface area (TPSA) is 47.6 Å². The van der Waals surface area contributed by atoms with E-state index < -0.39 is 0 Å². The van der Waals surface area contributed by atoms with Crippen LogP contribution in [0.1, 0.15) is 21.7 Å². The minimum Gasteiger partial charge on any atom is -0.382 e. The number of thiophene rings is 1. The second-order valence-corrected chi connectivity index (χ2v) is 4.56. The zero-order valence-corrected chi connectivity index (χ0v) is 11.1. The molecule has 4 nitrogen and oxygen atoms in total. The minimum atomic E-state index is 0.00870. The third-order valence-corrected chi connectivity index (χ3v) is 3.27. The molecule has 0 radical (unpaired) electrons. The molecule has 1 aromatic heterocycles. The quantitative estimate of drug-likeness (QED) is 0.723. The largest absolute Gasteiger partial charge is 0.382 e. The molecule has 0 aliphatic carbocycles. The van der Waals surface area contributed by atoms with E-state index in [9.17, 15) is 4.79 Å². The number of aryl methyl sites for hydroxylation is 1. The molecule has 0 spiro atoms. The van der Waals surface area contributed by atoms with E-state index in [4.69, 9.17) is 9.47 Å². The summed E-state index contributed by atoms with van der Waals surface area (Å²) in [5.41, 5.74) is 1.03. The first-order valence-electron chi connectivity index (χ1n) is 5.64. The van der Waals surface area contributed by atoms with E-state index in [0.29, 0.717) is 26.4 Å². The molecule has 0 atom stereocenters. The van der Waals surface area contributed by atoms with Crippen molar-refractivity contribution in [2.75, 3.05) is 33.5 Å². The van der Waals surface area contributed by atoms with Crippen LogP contribution in [0.3, 0.4) is 0 Å². The van der Waals surface area contributed by atoms with Crippen LogP contribution in [0.4, 0.5) is 0 Å². The van der Waals surface area contributed by atoms with Crippen molar-refractivity contribution in [3.05, 3.63) is 21.9 Å². The van der Waals surface area contributed by atoms with Crippen LogP contribution >= 0.6 is 11.3 Å². The molecule has 0 aliphatic rings. The number of ether oxygens (including phenoxy) is 2. The lowest BCUT2D eigenvalue weighted by molar-refractivity contribution is 0.0688. The molecule has 0 aliphatic heterocycles. The molecule has 0 unspecified atom stereocenters. The van der Waals surface area contributed by atoms with Crippen molar-refractivity contribution in [3.63, 3.8) is 0 Å². The molecule has 0 fully saturated rings. The predicted molar refractivity (Wildman–Crippen MR) is 68.7 cm³/mol. The molecule has 0 bridgehead atoms. The van der Waals surface area contributed by atoms with Gasteiger partial charge in [-0.2, -0.15) is 0 Å². The van der Waals surface area contributed by atoms with Crippen molar-refractivity contribution in [1.82, 2.24) is 5.32 Å². The summed E-state index contributed by atoms with van der Waals surface area (Å²) in [6, 6.07) is 1.95. The van der Waals surface area contributed by atoms with E-state index in [1.54, 1.807) is 7.11 Å². The van der Waals surface area contributed by atoms with Gasteiger partial charge in [-0.25, -0.2) is 0 Å². The van der Waals surface area contributed by atoms with Gasteiger partial charge >= 0.3 is 0 Å². The van der Waals surface area contributed by atoms with E-state index >= 15 is 0 Å². The van der Waals surface area contributed by atoms with Gasteiger partial charge in [0, 0.05) is 20.3 Å². The number of amides is 1. The molecule has 17 heavy (non-hydrogen) atoms. The highest BCUT2D eigenvalue weighted by Gasteiger charge is 2.08. The van der Waals surface area contributed by atoms with Gasteiger partial charge in [-0.15, -0.1) is 11.3 Å². The van der Waals surface area contributed by atoms with Gasteiger partial charge in [0.2, 0.25) is 0 Å². The second-order valence-electron chi connectivity index (χ2n) is 3.65. The maximum absolute atomic E-state index is 11.7. The lowest BCUT2D eigenvalue weighted by Crippen LogP contribution is -2.25. The molecule has 1 rings (SSSR count). The molecular formula is C12H19NO3S. The fraction of sp³-hybridized carbons (Fsp3) is 0.583. The zero-order chi connectivity index (χ0) is 12.5. The fourth-order valence-corrected chi connectivity index (χ4v) is 2.15. The SMILES string of the molecule is COCCOCCCNC(=O)c1sccc1C. The first-order chi connectivity index (χ1) is 8.25. The van der Waals surface area contributed by atoms with Crippen LogP contribution in [0.25, 0.3) is 0 Å². The van der Waals surface area contributed by atoms with Gasteiger partial charge in [-0.05, 0) is 30.4 Å². The third kappa shape index (κ3) is 5.30. The monoisotopic (exact) mass is 257 g/mol. The molecule has 1 aromatic rings. The van der Waals surface area contributed by atoms with Gasteiger partial charge in [0.25, 0.3) is 5.91 Å². The summed E-state index contributed by atoms with van der Waals surface area (Å²) in [5.74, 6) is 0.00870. The maximum Gasteiger partial charge on any atom is 0.261 e. The van der Waals surface area contributed by atoms with Crippen LogP contribution in [0.5, 0.6) is 0 Å². The van der Waals surface area contributed by atoms with Gasteiger partial charge < -0.3 is 14.8 Å². The smallest absolute Gasteiger partial charge is 0.261 e. The van der Waals surface area contributed by atoms with Gasteiger partial charge in [0.15, 0.2) is 0 Å². The fourth-order valence-electron chi connectivity index (χ4n) is 1.31. The van der Waals surface area contributed by atoms with Crippen LogP contribution in [0, 0.1) is 6.92 Å². The highest BCUT2D eigenvalue weighted by molar-refractivity contribution is 7.12.